The third-order valence-electron chi connectivity index (χ3n) is 2.92. The van der Waals surface area contributed by atoms with Crippen molar-refractivity contribution in [3.63, 3.8) is 0 Å². The van der Waals surface area contributed by atoms with Crippen molar-refractivity contribution in [3.05, 3.63) is 45.9 Å². The third kappa shape index (κ3) is 2.78. The fourth-order valence-electron chi connectivity index (χ4n) is 2.00. The minimum Gasteiger partial charge on any atom is -0.324 e. The molecule has 3 rings (SSSR count). The minimum absolute atomic E-state index is 0.153. The lowest BCUT2D eigenvalue weighted by Crippen LogP contribution is -2.10. The largest absolute Gasteiger partial charge is 0.416 e. The van der Waals surface area contributed by atoms with Gasteiger partial charge in [0.15, 0.2) is 0 Å². The molecule has 3 aromatic rings. The summed E-state index contributed by atoms with van der Waals surface area (Å²) in [6.45, 7) is 1.65. The second-order valence-electron chi connectivity index (χ2n) is 4.68. The Bertz CT molecular complexity index is 897. The fraction of sp³-hybridized carbons (Fsp3) is 0.154. The lowest BCUT2D eigenvalue weighted by atomic mass is 10.2. The summed E-state index contributed by atoms with van der Waals surface area (Å²) in [6.07, 6.45) is -4.42. The second-order valence-corrected chi connectivity index (χ2v) is 4.68. The second kappa shape index (κ2) is 4.86. The molecule has 6 nitrogen and oxygen atoms in total. The number of fused-ring (bicyclic) bond motifs is 1. The van der Waals surface area contributed by atoms with Crippen LogP contribution in [-0.4, -0.2) is 19.9 Å². The zero-order valence-electron chi connectivity index (χ0n) is 11.2. The lowest BCUT2D eigenvalue weighted by molar-refractivity contribution is -0.137. The molecule has 2 aromatic heterocycles. The van der Waals surface area contributed by atoms with Crippen LogP contribution in [0.5, 0.6) is 0 Å². The van der Waals surface area contributed by atoms with Crippen molar-refractivity contribution in [1.29, 1.82) is 0 Å². The van der Waals surface area contributed by atoms with E-state index >= 15 is 0 Å². The minimum atomic E-state index is -4.42. The van der Waals surface area contributed by atoms with Crippen LogP contribution in [0.3, 0.4) is 0 Å². The molecule has 0 amide bonds. The van der Waals surface area contributed by atoms with Gasteiger partial charge in [0.05, 0.1) is 16.6 Å². The van der Waals surface area contributed by atoms with Crippen molar-refractivity contribution >= 4 is 22.9 Å². The molecule has 0 saturated heterocycles. The summed E-state index contributed by atoms with van der Waals surface area (Å²) >= 11 is 0. The molecular formula is C13H10F3N5O. The maximum absolute atomic E-state index is 12.7. The molecular weight excluding hydrogens is 299 g/mol. The molecule has 0 saturated carbocycles. The highest BCUT2D eigenvalue weighted by Gasteiger charge is 2.30. The van der Waals surface area contributed by atoms with Gasteiger partial charge in [-0.2, -0.15) is 13.2 Å². The van der Waals surface area contributed by atoms with Gasteiger partial charge in [-0.15, -0.1) is 0 Å². The first-order valence-electron chi connectivity index (χ1n) is 6.23. The van der Waals surface area contributed by atoms with Crippen LogP contribution in [0.4, 0.5) is 25.1 Å². The molecule has 0 aliphatic heterocycles. The average Bonchev–Trinajstić information content (AvgIpc) is 2.77. The molecule has 0 radical (unpaired) electrons. The van der Waals surface area contributed by atoms with Crippen LogP contribution in [0.25, 0.3) is 11.0 Å². The van der Waals surface area contributed by atoms with Crippen molar-refractivity contribution in [2.24, 2.45) is 0 Å². The Kier molecular flexibility index (Phi) is 3.12. The van der Waals surface area contributed by atoms with Gasteiger partial charge in [0, 0.05) is 11.8 Å². The van der Waals surface area contributed by atoms with Gasteiger partial charge in [-0.3, -0.25) is 15.1 Å². The average molecular weight is 309 g/mol. The smallest absolute Gasteiger partial charge is 0.324 e. The number of hydrogen-bond acceptors (Lipinski definition) is 4. The Morgan fingerprint density at radius 3 is 2.50 bits per heavy atom. The summed E-state index contributed by atoms with van der Waals surface area (Å²) in [5.74, 6) is 0.336. The molecule has 0 spiro atoms. The highest BCUT2D eigenvalue weighted by atomic mass is 19.4. The Labute approximate surface area is 121 Å². The molecule has 3 N–H and O–H groups in total. The number of hydrogen-bond donors (Lipinski definition) is 3. The van der Waals surface area contributed by atoms with Crippen molar-refractivity contribution in [3.8, 4) is 0 Å². The fourth-order valence-corrected chi connectivity index (χ4v) is 2.00. The Balaban J connectivity index is 1.96. The van der Waals surface area contributed by atoms with Crippen molar-refractivity contribution in [2.45, 2.75) is 13.1 Å². The molecule has 0 aliphatic carbocycles. The summed E-state index contributed by atoms with van der Waals surface area (Å²) in [4.78, 5) is 24.7. The number of imidazole rings is 1. The van der Waals surface area contributed by atoms with Gasteiger partial charge < -0.3 is 4.98 Å². The van der Waals surface area contributed by atoms with Gasteiger partial charge in [-0.1, -0.05) is 0 Å². The van der Waals surface area contributed by atoms with E-state index in [9.17, 15) is 18.0 Å². The number of H-pyrrole nitrogens is 2. The van der Waals surface area contributed by atoms with E-state index in [2.05, 4.69) is 25.3 Å². The first kappa shape index (κ1) is 14.1. The van der Waals surface area contributed by atoms with E-state index in [1.54, 1.807) is 6.92 Å². The maximum atomic E-state index is 12.7. The molecule has 0 fully saturated rings. The van der Waals surface area contributed by atoms with Crippen molar-refractivity contribution in [2.75, 3.05) is 5.32 Å². The monoisotopic (exact) mass is 309 g/mol. The summed E-state index contributed by atoms with van der Waals surface area (Å²) in [7, 11) is 0. The summed E-state index contributed by atoms with van der Waals surface area (Å²) in [6, 6.07) is 4.52. The van der Waals surface area contributed by atoms with E-state index in [0.717, 1.165) is 12.1 Å². The number of nitrogens with zero attached hydrogens (tertiary/aromatic N) is 2. The number of nitrogens with one attached hydrogen (secondary N) is 3. The standard InChI is InChI=1S/C13H10F3N5O/c1-6-4-10(22)20-11(17-6)21-12-18-8-3-2-7(13(14,15)16)5-9(8)19-12/h2-5H,1H3,(H3,17,18,19,20,21,22). The molecule has 0 bridgehead atoms. The van der Waals surface area contributed by atoms with Gasteiger partial charge in [0.25, 0.3) is 5.56 Å². The zero-order valence-corrected chi connectivity index (χ0v) is 11.2. The van der Waals surface area contributed by atoms with E-state index in [-0.39, 0.29) is 23.0 Å². The zero-order chi connectivity index (χ0) is 15.9. The maximum Gasteiger partial charge on any atom is 0.416 e. The number of aromatic amines is 2. The van der Waals surface area contributed by atoms with Crippen LogP contribution in [-0.2, 0) is 6.18 Å². The van der Waals surface area contributed by atoms with Gasteiger partial charge in [0.1, 0.15) is 0 Å². The number of alkyl halides is 3. The Morgan fingerprint density at radius 1 is 1.09 bits per heavy atom. The molecule has 2 heterocycles. The number of anilines is 2. The van der Waals surface area contributed by atoms with E-state index in [1.807, 2.05) is 0 Å². The van der Waals surface area contributed by atoms with E-state index in [0.29, 0.717) is 11.2 Å². The predicted octanol–water partition coefficient (Wildman–Crippen LogP) is 2.72. The van der Waals surface area contributed by atoms with Crippen LogP contribution in [0.2, 0.25) is 0 Å². The number of aryl methyl sites for hydroxylation is 1. The Morgan fingerprint density at radius 2 is 1.82 bits per heavy atom. The summed E-state index contributed by atoms with van der Waals surface area (Å²) in [5.41, 5.74) is -0.0118. The molecule has 114 valence electrons. The van der Waals surface area contributed by atoms with Crippen LogP contribution >= 0.6 is 0 Å². The quantitative estimate of drug-likeness (QED) is 0.679. The topological polar surface area (TPSA) is 86.5 Å². The van der Waals surface area contributed by atoms with Crippen LogP contribution in [0.1, 0.15) is 11.3 Å². The van der Waals surface area contributed by atoms with E-state index < -0.39 is 11.7 Å². The predicted molar refractivity (Wildman–Crippen MR) is 74.0 cm³/mol. The summed E-state index contributed by atoms with van der Waals surface area (Å²) in [5, 5.41) is 2.72. The van der Waals surface area contributed by atoms with Crippen LogP contribution in [0, 0.1) is 6.92 Å². The molecule has 1 aromatic carbocycles. The Hall–Kier alpha value is -2.84. The van der Waals surface area contributed by atoms with Crippen molar-refractivity contribution < 1.29 is 13.2 Å². The van der Waals surface area contributed by atoms with E-state index in [1.165, 1.54) is 12.1 Å². The number of benzene rings is 1. The van der Waals surface area contributed by atoms with Crippen molar-refractivity contribution in [1.82, 2.24) is 19.9 Å². The number of halogens is 3. The lowest BCUT2D eigenvalue weighted by Gasteiger charge is -2.05. The molecule has 0 aliphatic rings. The van der Waals surface area contributed by atoms with Crippen LogP contribution in [0.15, 0.2) is 29.1 Å². The highest BCUT2D eigenvalue weighted by Crippen LogP contribution is 2.31. The van der Waals surface area contributed by atoms with Gasteiger partial charge in [-0.25, -0.2) is 9.97 Å². The molecule has 9 heteroatoms. The SMILES string of the molecule is Cc1cc(=O)[nH]c(Nc2nc3ccc(C(F)(F)F)cc3[nH]2)n1. The number of aromatic nitrogens is 4. The molecule has 0 unspecified atom stereocenters. The molecule has 22 heavy (non-hydrogen) atoms. The van der Waals surface area contributed by atoms with Gasteiger partial charge in [-0.05, 0) is 25.1 Å². The number of rotatable bonds is 2. The van der Waals surface area contributed by atoms with Gasteiger partial charge >= 0.3 is 6.18 Å². The van der Waals surface area contributed by atoms with E-state index in [4.69, 9.17) is 0 Å². The first-order valence-corrected chi connectivity index (χ1v) is 6.23. The van der Waals surface area contributed by atoms with Crippen LogP contribution < -0.4 is 10.9 Å². The summed E-state index contributed by atoms with van der Waals surface area (Å²) < 4.78 is 38.0. The normalized spacial score (nSPS) is 11.8. The third-order valence-corrected chi connectivity index (χ3v) is 2.92. The highest BCUT2D eigenvalue weighted by molar-refractivity contribution is 5.78. The van der Waals surface area contributed by atoms with Gasteiger partial charge in [0.2, 0.25) is 11.9 Å². The molecule has 0 atom stereocenters. The first-order chi connectivity index (χ1) is 10.3.